The van der Waals surface area contributed by atoms with Gasteiger partial charge in [-0.05, 0) is 45.9 Å². The molecular weight excluding hydrogens is 358 g/mol. The van der Waals surface area contributed by atoms with Crippen LogP contribution in [0.3, 0.4) is 0 Å². The molecule has 0 saturated heterocycles. The highest BCUT2D eigenvalue weighted by Crippen LogP contribution is 2.23. The second kappa shape index (κ2) is 9.60. The standard InChI is InChI=1S/C26H31NO2/c1-26(2,3)22-13-15-23(16-14-22)27-18-7-12-25(28)29-19-17-21-10-6-9-20-8-4-5-11-24(20)21/h4-6,8-11,13-16,27H,7,12,17-19H2,1-3H3. The molecule has 152 valence electrons. The molecule has 0 spiro atoms. The number of rotatable bonds is 8. The molecule has 0 aliphatic heterocycles. The quantitative estimate of drug-likeness (QED) is 0.373. The van der Waals surface area contributed by atoms with Crippen LogP contribution in [0.25, 0.3) is 10.8 Å². The van der Waals surface area contributed by atoms with Gasteiger partial charge in [0.2, 0.25) is 0 Å². The van der Waals surface area contributed by atoms with E-state index in [-0.39, 0.29) is 11.4 Å². The molecule has 3 aromatic carbocycles. The van der Waals surface area contributed by atoms with Gasteiger partial charge in [-0.2, -0.15) is 0 Å². The van der Waals surface area contributed by atoms with E-state index in [1.807, 2.05) is 12.1 Å². The Labute approximate surface area is 174 Å². The van der Waals surface area contributed by atoms with E-state index in [1.165, 1.54) is 21.9 Å². The van der Waals surface area contributed by atoms with E-state index in [0.29, 0.717) is 13.0 Å². The number of nitrogens with one attached hydrogen (secondary N) is 1. The Morgan fingerprint density at radius 1 is 0.931 bits per heavy atom. The van der Waals surface area contributed by atoms with Crippen LogP contribution in [-0.2, 0) is 21.4 Å². The van der Waals surface area contributed by atoms with Gasteiger partial charge in [0, 0.05) is 25.1 Å². The molecule has 3 heteroatoms. The first-order valence-electron chi connectivity index (χ1n) is 10.4. The summed E-state index contributed by atoms with van der Waals surface area (Å²) in [5, 5.41) is 5.82. The first kappa shape index (κ1) is 20.9. The first-order valence-corrected chi connectivity index (χ1v) is 10.4. The average Bonchev–Trinajstić information content (AvgIpc) is 2.71. The van der Waals surface area contributed by atoms with Crippen molar-refractivity contribution in [1.29, 1.82) is 0 Å². The molecule has 0 fully saturated rings. The Morgan fingerprint density at radius 2 is 1.66 bits per heavy atom. The largest absolute Gasteiger partial charge is 0.465 e. The van der Waals surface area contributed by atoms with Crippen LogP contribution < -0.4 is 5.32 Å². The van der Waals surface area contributed by atoms with Crippen LogP contribution in [0.4, 0.5) is 5.69 Å². The minimum atomic E-state index is -0.130. The summed E-state index contributed by atoms with van der Waals surface area (Å²) in [6.07, 6.45) is 1.93. The molecular formula is C26H31NO2. The Kier molecular flexibility index (Phi) is 6.92. The van der Waals surface area contributed by atoms with E-state index < -0.39 is 0 Å². The summed E-state index contributed by atoms with van der Waals surface area (Å²) in [4.78, 5) is 12.0. The summed E-state index contributed by atoms with van der Waals surface area (Å²) in [5.41, 5.74) is 3.78. The third kappa shape index (κ3) is 6.08. The first-order chi connectivity index (χ1) is 13.9. The van der Waals surface area contributed by atoms with Gasteiger partial charge in [-0.25, -0.2) is 0 Å². The molecule has 0 radical (unpaired) electrons. The molecule has 0 unspecified atom stereocenters. The zero-order chi connectivity index (χ0) is 20.7. The van der Waals surface area contributed by atoms with E-state index in [0.717, 1.165) is 25.1 Å². The van der Waals surface area contributed by atoms with Crippen molar-refractivity contribution in [1.82, 2.24) is 0 Å². The number of carbonyl (C=O) groups is 1. The fourth-order valence-electron chi connectivity index (χ4n) is 3.41. The lowest BCUT2D eigenvalue weighted by Crippen LogP contribution is -2.12. The van der Waals surface area contributed by atoms with Crippen LogP contribution in [0.1, 0.15) is 44.7 Å². The molecule has 3 rings (SSSR count). The fourth-order valence-corrected chi connectivity index (χ4v) is 3.41. The summed E-state index contributed by atoms with van der Waals surface area (Å²) in [6, 6.07) is 23.1. The van der Waals surface area contributed by atoms with Gasteiger partial charge in [-0.15, -0.1) is 0 Å². The number of hydrogen-bond donors (Lipinski definition) is 1. The van der Waals surface area contributed by atoms with Crippen LogP contribution in [0.5, 0.6) is 0 Å². The maximum atomic E-state index is 12.0. The normalized spacial score (nSPS) is 11.4. The second-order valence-electron chi connectivity index (χ2n) is 8.47. The SMILES string of the molecule is CC(C)(C)c1ccc(NCCCC(=O)OCCc2cccc3ccccc23)cc1. The molecule has 3 nitrogen and oxygen atoms in total. The van der Waals surface area contributed by atoms with Crippen LogP contribution >= 0.6 is 0 Å². The van der Waals surface area contributed by atoms with Crippen molar-refractivity contribution < 1.29 is 9.53 Å². The van der Waals surface area contributed by atoms with Crippen molar-refractivity contribution in [3.05, 3.63) is 77.9 Å². The Morgan fingerprint density at radius 3 is 2.41 bits per heavy atom. The van der Waals surface area contributed by atoms with E-state index in [4.69, 9.17) is 4.74 Å². The molecule has 3 aromatic rings. The molecule has 0 aliphatic carbocycles. The molecule has 0 atom stereocenters. The van der Waals surface area contributed by atoms with Crippen molar-refractivity contribution in [3.63, 3.8) is 0 Å². The van der Waals surface area contributed by atoms with Crippen LogP contribution in [0.15, 0.2) is 66.7 Å². The van der Waals surface area contributed by atoms with Gasteiger partial charge < -0.3 is 10.1 Å². The van der Waals surface area contributed by atoms with Crippen molar-refractivity contribution in [2.75, 3.05) is 18.5 Å². The molecule has 29 heavy (non-hydrogen) atoms. The minimum Gasteiger partial charge on any atom is -0.465 e. The molecule has 0 amide bonds. The van der Waals surface area contributed by atoms with Crippen molar-refractivity contribution in [2.45, 2.75) is 45.4 Å². The monoisotopic (exact) mass is 389 g/mol. The predicted molar refractivity (Wildman–Crippen MR) is 121 cm³/mol. The summed E-state index contributed by atoms with van der Waals surface area (Å²) < 4.78 is 5.43. The van der Waals surface area contributed by atoms with E-state index >= 15 is 0 Å². The highest BCUT2D eigenvalue weighted by molar-refractivity contribution is 5.85. The lowest BCUT2D eigenvalue weighted by molar-refractivity contribution is -0.143. The third-order valence-corrected chi connectivity index (χ3v) is 5.15. The Hall–Kier alpha value is -2.81. The number of anilines is 1. The molecule has 1 N–H and O–H groups in total. The van der Waals surface area contributed by atoms with Gasteiger partial charge >= 0.3 is 5.97 Å². The smallest absolute Gasteiger partial charge is 0.305 e. The summed E-state index contributed by atoms with van der Waals surface area (Å²) in [5.74, 6) is -0.130. The molecule has 0 bridgehead atoms. The number of carbonyl (C=O) groups excluding carboxylic acids is 1. The summed E-state index contributed by atoms with van der Waals surface area (Å²) >= 11 is 0. The maximum Gasteiger partial charge on any atom is 0.305 e. The molecule has 0 aromatic heterocycles. The van der Waals surface area contributed by atoms with E-state index in [9.17, 15) is 4.79 Å². The molecule has 0 saturated carbocycles. The summed E-state index contributed by atoms with van der Waals surface area (Å²) in [7, 11) is 0. The van der Waals surface area contributed by atoms with Gasteiger partial charge in [0.1, 0.15) is 0 Å². The van der Waals surface area contributed by atoms with Crippen LogP contribution in [0.2, 0.25) is 0 Å². The lowest BCUT2D eigenvalue weighted by Gasteiger charge is -2.19. The molecule has 0 heterocycles. The van der Waals surface area contributed by atoms with Crippen LogP contribution in [0, 0.1) is 0 Å². The summed E-state index contributed by atoms with van der Waals surface area (Å²) in [6.45, 7) is 7.81. The zero-order valence-electron chi connectivity index (χ0n) is 17.7. The topological polar surface area (TPSA) is 38.3 Å². The number of ether oxygens (including phenoxy) is 1. The lowest BCUT2D eigenvalue weighted by atomic mass is 9.87. The maximum absolute atomic E-state index is 12.0. The van der Waals surface area contributed by atoms with Gasteiger partial charge in [0.25, 0.3) is 0 Å². The fraction of sp³-hybridized carbons (Fsp3) is 0.346. The number of esters is 1. The van der Waals surface area contributed by atoms with Crippen molar-refractivity contribution >= 4 is 22.4 Å². The van der Waals surface area contributed by atoms with Crippen molar-refractivity contribution in [2.24, 2.45) is 0 Å². The van der Waals surface area contributed by atoms with Crippen molar-refractivity contribution in [3.8, 4) is 0 Å². The van der Waals surface area contributed by atoms with Gasteiger partial charge in [-0.1, -0.05) is 75.4 Å². The van der Waals surface area contributed by atoms with E-state index in [1.54, 1.807) is 0 Å². The number of fused-ring (bicyclic) bond motifs is 1. The van der Waals surface area contributed by atoms with E-state index in [2.05, 4.69) is 80.7 Å². The highest BCUT2D eigenvalue weighted by Gasteiger charge is 2.12. The average molecular weight is 390 g/mol. The second-order valence-corrected chi connectivity index (χ2v) is 8.47. The Bertz CT molecular complexity index is 934. The van der Waals surface area contributed by atoms with Gasteiger partial charge in [0.15, 0.2) is 0 Å². The minimum absolute atomic E-state index is 0.130. The Balaban J connectivity index is 1.36. The zero-order valence-corrected chi connectivity index (χ0v) is 17.7. The highest BCUT2D eigenvalue weighted by atomic mass is 16.5. The molecule has 0 aliphatic rings. The third-order valence-electron chi connectivity index (χ3n) is 5.15. The number of hydrogen-bond acceptors (Lipinski definition) is 3. The predicted octanol–water partition coefficient (Wildman–Crippen LogP) is 6.12. The van der Waals surface area contributed by atoms with Gasteiger partial charge in [-0.3, -0.25) is 4.79 Å². The number of benzene rings is 3. The van der Waals surface area contributed by atoms with Gasteiger partial charge in [0.05, 0.1) is 6.61 Å². The van der Waals surface area contributed by atoms with Crippen LogP contribution in [-0.4, -0.2) is 19.1 Å².